The molecule has 0 saturated heterocycles. The Morgan fingerprint density at radius 1 is 1.35 bits per heavy atom. The Kier molecular flexibility index (Phi) is 4.53. The van der Waals surface area contributed by atoms with Crippen molar-refractivity contribution in [3.63, 3.8) is 0 Å². The third-order valence-corrected chi connectivity index (χ3v) is 1.88. The molecular weight excluding hydrogens is 255 g/mol. The van der Waals surface area contributed by atoms with Crippen LogP contribution < -0.4 is 10.5 Å². The van der Waals surface area contributed by atoms with Gasteiger partial charge in [-0.05, 0) is 18.2 Å². The lowest BCUT2D eigenvalue weighted by atomic mass is 10.2. The molecule has 1 aromatic carbocycles. The van der Waals surface area contributed by atoms with Crippen LogP contribution in [0.25, 0.3) is 0 Å². The van der Waals surface area contributed by atoms with Gasteiger partial charge < -0.3 is 10.5 Å². The van der Waals surface area contributed by atoms with E-state index in [4.69, 9.17) is 17.3 Å². The summed E-state index contributed by atoms with van der Waals surface area (Å²) in [5, 5.41) is 0. The van der Waals surface area contributed by atoms with Gasteiger partial charge in [0.1, 0.15) is 0 Å². The number of halogens is 4. The fourth-order valence-corrected chi connectivity index (χ4v) is 1.15. The lowest BCUT2D eigenvalue weighted by molar-refractivity contribution is -0.274. The van der Waals surface area contributed by atoms with Gasteiger partial charge in [0, 0.05) is 17.9 Å². The van der Waals surface area contributed by atoms with Gasteiger partial charge >= 0.3 is 6.36 Å². The highest BCUT2D eigenvalue weighted by Gasteiger charge is 2.31. The molecule has 0 heterocycles. The highest BCUT2D eigenvalue weighted by molar-refractivity contribution is 6.18. The molecule has 0 aromatic heterocycles. The van der Waals surface area contributed by atoms with Crippen LogP contribution in [0.1, 0.15) is 12.0 Å². The Bertz CT molecular complexity index is 448. The van der Waals surface area contributed by atoms with E-state index in [0.717, 1.165) is 6.07 Å². The van der Waals surface area contributed by atoms with Gasteiger partial charge in [0.15, 0.2) is 5.75 Å². The first-order chi connectivity index (χ1) is 7.92. The van der Waals surface area contributed by atoms with Crippen LogP contribution in [0, 0.1) is 11.8 Å². The zero-order chi connectivity index (χ0) is 12.9. The number of alkyl halides is 4. The summed E-state index contributed by atoms with van der Waals surface area (Å²) >= 11 is 5.42. The van der Waals surface area contributed by atoms with Crippen LogP contribution in [0.4, 0.5) is 18.9 Å². The molecule has 0 aliphatic rings. The molecule has 92 valence electrons. The summed E-state index contributed by atoms with van der Waals surface area (Å²) < 4.78 is 39.6. The minimum atomic E-state index is -4.75. The van der Waals surface area contributed by atoms with Gasteiger partial charge in [-0.2, -0.15) is 0 Å². The lowest BCUT2D eigenvalue weighted by Crippen LogP contribution is -2.18. The van der Waals surface area contributed by atoms with Crippen molar-refractivity contribution in [2.45, 2.75) is 12.8 Å². The van der Waals surface area contributed by atoms with Crippen LogP contribution in [-0.2, 0) is 0 Å². The van der Waals surface area contributed by atoms with E-state index in [1.807, 2.05) is 0 Å². The monoisotopic (exact) mass is 263 g/mol. The Morgan fingerprint density at radius 2 is 2.06 bits per heavy atom. The molecule has 0 bridgehead atoms. The zero-order valence-electron chi connectivity index (χ0n) is 8.64. The van der Waals surface area contributed by atoms with Gasteiger partial charge in [-0.15, -0.1) is 24.8 Å². The van der Waals surface area contributed by atoms with E-state index in [1.165, 1.54) is 12.1 Å². The number of hydrogen-bond donors (Lipinski definition) is 1. The summed E-state index contributed by atoms with van der Waals surface area (Å²) in [6.07, 6.45) is -4.25. The normalized spacial score (nSPS) is 10.6. The fourth-order valence-electron chi connectivity index (χ4n) is 1.06. The van der Waals surface area contributed by atoms with E-state index in [9.17, 15) is 13.2 Å². The Hall–Kier alpha value is -1.54. The van der Waals surface area contributed by atoms with E-state index in [2.05, 4.69) is 16.6 Å². The highest BCUT2D eigenvalue weighted by atomic mass is 35.5. The molecule has 0 spiro atoms. The summed E-state index contributed by atoms with van der Waals surface area (Å²) in [7, 11) is 0. The molecule has 0 amide bonds. The maximum absolute atomic E-state index is 11.9. The highest BCUT2D eigenvalue weighted by Crippen LogP contribution is 2.28. The first-order valence-electron chi connectivity index (χ1n) is 4.62. The van der Waals surface area contributed by atoms with Crippen LogP contribution >= 0.6 is 11.6 Å². The van der Waals surface area contributed by atoms with Gasteiger partial charge in [-0.25, -0.2) is 0 Å². The van der Waals surface area contributed by atoms with Gasteiger partial charge in [-0.1, -0.05) is 11.8 Å². The van der Waals surface area contributed by atoms with Crippen molar-refractivity contribution in [1.29, 1.82) is 0 Å². The van der Waals surface area contributed by atoms with Gasteiger partial charge in [0.25, 0.3) is 0 Å². The summed E-state index contributed by atoms with van der Waals surface area (Å²) in [6, 6.07) is 3.86. The lowest BCUT2D eigenvalue weighted by Gasteiger charge is -2.10. The molecule has 0 saturated carbocycles. The minimum Gasteiger partial charge on any atom is -0.404 e. The number of hydrogen-bond acceptors (Lipinski definition) is 2. The number of benzene rings is 1. The van der Waals surface area contributed by atoms with Crippen molar-refractivity contribution in [3.05, 3.63) is 23.8 Å². The molecule has 0 radical (unpaired) electrons. The molecule has 0 aliphatic carbocycles. The standard InChI is InChI=1S/C11H9ClF3NO/c12-6-2-1-3-8-4-5-10(9(16)7-8)17-11(13,14)15/h4-5,7H,2,6,16H2. The van der Waals surface area contributed by atoms with E-state index < -0.39 is 12.1 Å². The molecule has 0 unspecified atom stereocenters. The predicted molar refractivity (Wildman–Crippen MR) is 59.8 cm³/mol. The molecule has 17 heavy (non-hydrogen) atoms. The first-order valence-corrected chi connectivity index (χ1v) is 5.16. The maximum atomic E-state index is 11.9. The molecule has 1 rings (SSSR count). The van der Waals surface area contributed by atoms with E-state index in [-0.39, 0.29) is 5.69 Å². The summed E-state index contributed by atoms with van der Waals surface area (Å²) in [5.74, 6) is 5.44. The Morgan fingerprint density at radius 3 is 2.59 bits per heavy atom. The van der Waals surface area contributed by atoms with Crippen molar-refractivity contribution < 1.29 is 17.9 Å². The largest absolute Gasteiger partial charge is 0.573 e. The molecule has 2 N–H and O–H groups in total. The van der Waals surface area contributed by atoms with Crippen molar-refractivity contribution in [2.75, 3.05) is 11.6 Å². The second-order valence-electron chi connectivity index (χ2n) is 3.04. The Balaban J connectivity index is 2.84. The van der Waals surface area contributed by atoms with Gasteiger partial charge in [0.2, 0.25) is 0 Å². The van der Waals surface area contributed by atoms with Gasteiger partial charge in [-0.3, -0.25) is 0 Å². The Labute approximate surface area is 102 Å². The quantitative estimate of drug-likeness (QED) is 0.505. The number of ether oxygens (including phenoxy) is 1. The number of rotatable bonds is 2. The van der Waals surface area contributed by atoms with Crippen LogP contribution in [0.15, 0.2) is 18.2 Å². The van der Waals surface area contributed by atoms with Crippen molar-refractivity contribution in [2.24, 2.45) is 0 Å². The zero-order valence-corrected chi connectivity index (χ0v) is 9.40. The molecule has 0 atom stereocenters. The topological polar surface area (TPSA) is 35.2 Å². The van der Waals surface area contributed by atoms with E-state index in [0.29, 0.717) is 17.9 Å². The smallest absolute Gasteiger partial charge is 0.404 e. The van der Waals surface area contributed by atoms with E-state index in [1.54, 1.807) is 0 Å². The van der Waals surface area contributed by atoms with Crippen molar-refractivity contribution >= 4 is 17.3 Å². The second kappa shape index (κ2) is 5.69. The molecule has 2 nitrogen and oxygen atoms in total. The van der Waals surface area contributed by atoms with Crippen LogP contribution in [0.3, 0.4) is 0 Å². The average molecular weight is 264 g/mol. The van der Waals surface area contributed by atoms with Crippen molar-refractivity contribution in [1.82, 2.24) is 0 Å². The first kappa shape index (κ1) is 13.5. The van der Waals surface area contributed by atoms with Crippen LogP contribution in [0.2, 0.25) is 0 Å². The average Bonchev–Trinajstić information content (AvgIpc) is 2.21. The summed E-state index contributed by atoms with van der Waals surface area (Å²) in [6.45, 7) is 0. The van der Waals surface area contributed by atoms with Crippen LogP contribution in [0.5, 0.6) is 5.75 Å². The fraction of sp³-hybridized carbons (Fsp3) is 0.273. The summed E-state index contributed by atoms with van der Waals surface area (Å²) in [5.41, 5.74) is 5.82. The summed E-state index contributed by atoms with van der Waals surface area (Å²) in [4.78, 5) is 0. The molecule has 1 aromatic rings. The third kappa shape index (κ3) is 4.87. The third-order valence-electron chi connectivity index (χ3n) is 1.69. The second-order valence-corrected chi connectivity index (χ2v) is 3.42. The number of nitrogen functional groups attached to an aromatic ring is 1. The predicted octanol–water partition coefficient (Wildman–Crippen LogP) is 3.15. The number of nitrogens with two attached hydrogens (primary N) is 1. The molecular formula is C11H9ClF3NO. The van der Waals surface area contributed by atoms with Gasteiger partial charge in [0.05, 0.1) is 5.69 Å². The van der Waals surface area contributed by atoms with E-state index >= 15 is 0 Å². The maximum Gasteiger partial charge on any atom is 0.573 e. The van der Waals surface area contributed by atoms with Crippen LogP contribution in [-0.4, -0.2) is 12.2 Å². The minimum absolute atomic E-state index is 0.111. The van der Waals surface area contributed by atoms with Crippen molar-refractivity contribution in [3.8, 4) is 17.6 Å². The molecule has 0 aliphatic heterocycles. The molecule has 0 fully saturated rings. The number of anilines is 1. The molecule has 6 heteroatoms. The SMILES string of the molecule is Nc1cc(C#CCCCl)ccc1OC(F)(F)F.